The van der Waals surface area contributed by atoms with Gasteiger partial charge < -0.3 is 10.1 Å². The number of ketones is 1. The van der Waals surface area contributed by atoms with E-state index in [2.05, 4.69) is 5.32 Å². The molecular formula is C13H18ClNO. The molecule has 1 aromatic carbocycles. The molecule has 0 bridgehead atoms. The van der Waals surface area contributed by atoms with Crippen LogP contribution >= 0.6 is 11.6 Å². The number of carbonyl (C=O) groups is 1. The van der Waals surface area contributed by atoms with Crippen LogP contribution in [0.15, 0.2) is 24.3 Å². The van der Waals surface area contributed by atoms with Gasteiger partial charge in [-0.15, -0.1) is 0 Å². The van der Waals surface area contributed by atoms with Crippen molar-refractivity contribution >= 4 is 17.4 Å². The monoisotopic (exact) mass is 239 g/mol. The Bertz CT molecular complexity index is 321. The Hall–Kier alpha value is -0.860. The zero-order valence-electron chi connectivity index (χ0n) is 9.63. The van der Waals surface area contributed by atoms with Gasteiger partial charge in [0.25, 0.3) is 0 Å². The summed E-state index contributed by atoms with van der Waals surface area (Å²) < 4.78 is 0. The molecular weight excluding hydrogens is 222 g/mol. The highest BCUT2D eigenvalue weighted by Crippen LogP contribution is 2.09. The summed E-state index contributed by atoms with van der Waals surface area (Å²) in [5.74, 6) is 0.276. The first-order valence-electron chi connectivity index (χ1n) is 5.63. The molecule has 3 heteroatoms. The molecule has 0 unspecified atom stereocenters. The van der Waals surface area contributed by atoms with Crippen LogP contribution in [-0.4, -0.2) is 12.3 Å². The number of nitrogens with one attached hydrogen (secondary N) is 1. The predicted molar refractivity (Wildman–Crippen MR) is 67.7 cm³/mol. The van der Waals surface area contributed by atoms with Gasteiger partial charge in [0.15, 0.2) is 0 Å². The van der Waals surface area contributed by atoms with Crippen LogP contribution in [0.2, 0.25) is 5.02 Å². The van der Waals surface area contributed by atoms with E-state index < -0.39 is 0 Å². The lowest BCUT2D eigenvalue weighted by atomic mass is 10.2. The van der Waals surface area contributed by atoms with Gasteiger partial charge in [-0.2, -0.15) is 0 Å². The molecule has 1 N–H and O–H groups in total. The largest absolute Gasteiger partial charge is 0.313 e. The maximum absolute atomic E-state index is 10.7. The minimum absolute atomic E-state index is 0.276. The topological polar surface area (TPSA) is 29.1 Å². The van der Waals surface area contributed by atoms with E-state index in [-0.39, 0.29) is 5.78 Å². The van der Waals surface area contributed by atoms with Crippen molar-refractivity contribution < 1.29 is 4.79 Å². The van der Waals surface area contributed by atoms with E-state index in [1.807, 2.05) is 24.3 Å². The summed E-state index contributed by atoms with van der Waals surface area (Å²) in [5, 5.41) is 4.11. The SMILES string of the molecule is CC(=O)CCCCNCc1ccc(Cl)cc1. The summed E-state index contributed by atoms with van der Waals surface area (Å²) >= 11 is 5.79. The van der Waals surface area contributed by atoms with Gasteiger partial charge in [0.2, 0.25) is 0 Å². The van der Waals surface area contributed by atoms with E-state index in [0.29, 0.717) is 6.42 Å². The van der Waals surface area contributed by atoms with Crippen molar-refractivity contribution in [3.63, 3.8) is 0 Å². The van der Waals surface area contributed by atoms with E-state index in [1.54, 1.807) is 6.92 Å². The van der Waals surface area contributed by atoms with Crippen LogP contribution in [0.3, 0.4) is 0 Å². The van der Waals surface area contributed by atoms with Crippen LogP contribution in [0.25, 0.3) is 0 Å². The lowest BCUT2D eigenvalue weighted by Crippen LogP contribution is -2.14. The Morgan fingerprint density at radius 2 is 1.94 bits per heavy atom. The minimum atomic E-state index is 0.276. The highest BCUT2D eigenvalue weighted by Gasteiger charge is 1.95. The molecule has 0 saturated heterocycles. The molecule has 1 aromatic rings. The molecule has 0 spiro atoms. The third kappa shape index (κ3) is 5.89. The van der Waals surface area contributed by atoms with Crippen molar-refractivity contribution in [2.24, 2.45) is 0 Å². The molecule has 1 rings (SSSR count). The molecule has 88 valence electrons. The number of Topliss-reactive ketones (excluding diaryl/α,β-unsaturated/α-hetero) is 1. The van der Waals surface area contributed by atoms with Crippen LogP contribution in [-0.2, 0) is 11.3 Å². The van der Waals surface area contributed by atoms with E-state index in [0.717, 1.165) is 31.0 Å². The molecule has 0 aliphatic rings. The second kappa shape index (κ2) is 7.42. The molecule has 0 saturated carbocycles. The molecule has 0 heterocycles. The average Bonchev–Trinajstić information content (AvgIpc) is 2.25. The van der Waals surface area contributed by atoms with Crippen molar-refractivity contribution in [1.82, 2.24) is 5.32 Å². The zero-order chi connectivity index (χ0) is 11.8. The maximum atomic E-state index is 10.7. The number of carbonyl (C=O) groups excluding carboxylic acids is 1. The summed E-state index contributed by atoms with van der Waals surface area (Å²) in [4.78, 5) is 10.7. The van der Waals surface area contributed by atoms with Crippen molar-refractivity contribution in [3.8, 4) is 0 Å². The van der Waals surface area contributed by atoms with Gasteiger partial charge in [0.05, 0.1) is 0 Å². The van der Waals surface area contributed by atoms with Crippen LogP contribution in [0.4, 0.5) is 0 Å². The summed E-state index contributed by atoms with van der Waals surface area (Å²) in [6.07, 6.45) is 2.72. The van der Waals surface area contributed by atoms with Crippen molar-refractivity contribution in [3.05, 3.63) is 34.9 Å². The Morgan fingerprint density at radius 1 is 1.25 bits per heavy atom. The molecule has 2 nitrogen and oxygen atoms in total. The summed E-state index contributed by atoms with van der Waals surface area (Å²) in [5.41, 5.74) is 1.23. The lowest BCUT2D eigenvalue weighted by Gasteiger charge is -2.04. The Labute approximate surface area is 102 Å². The maximum Gasteiger partial charge on any atom is 0.129 e. The zero-order valence-corrected chi connectivity index (χ0v) is 10.4. The number of rotatable bonds is 7. The third-order valence-corrected chi connectivity index (χ3v) is 2.63. The predicted octanol–water partition coefficient (Wildman–Crippen LogP) is 3.19. The first-order chi connectivity index (χ1) is 7.68. The lowest BCUT2D eigenvalue weighted by molar-refractivity contribution is -0.117. The average molecular weight is 240 g/mol. The van der Waals surface area contributed by atoms with Crippen LogP contribution in [0.5, 0.6) is 0 Å². The van der Waals surface area contributed by atoms with E-state index in [9.17, 15) is 4.79 Å². The molecule has 0 aliphatic heterocycles. The number of hydrogen-bond donors (Lipinski definition) is 1. The van der Waals surface area contributed by atoms with Gasteiger partial charge in [0.1, 0.15) is 5.78 Å². The molecule has 0 aromatic heterocycles. The van der Waals surface area contributed by atoms with E-state index in [1.165, 1.54) is 5.56 Å². The van der Waals surface area contributed by atoms with E-state index >= 15 is 0 Å². The van der Waals surface area contributed by atoms with Crippen LogP contribution in [0.1, 0.15) is 31.7 Å². The van der Waals surface area contributed by atoms with Gasteiger partial charge in [-0.1, -0.05) is 23.7 Å². The molecule has 0 fully saturated rings. The number of hydrogen-bond acceptors (Lipinski definition) is 2. The molecule has 0 amide bonds. The van der Waals surface area contributed by atoms with Crippen molar-refractivity contribution in [1.29, 1.82) is 0 Å². The highest BCUT2D eigenvalue weighted by molar-refractivity contribution is 6.30. The fourth-order valence-corrected chi connectivity index (χ4v) is 1.58. The second-order valence-corrected chi connectivity index (χ2v) is 4.40. The summed E-state index contributed by atoms with van der Waals surface area (Å²) in [6, 6.07) is 7.83. The number of benzene rings is 1. The molecule has 0 atom stereocenters. The normalized spacial score (nSPS) is 10.4. The van der Waals surface area contributed by atoms with Crippen molar-refractivity contribution in [2.75, 3.05) is 6.54 Å². The Kier molecular flexibility index (Phi) is 6.12. The van der Waals surface area contributed by atoms with Gasteiger partial charge in [-0.25, -0.2) is 0 Å². The molecule has 0 radical (unpaired) electrons. The summed E-state index contributed by atoms with van der Waals surface area (Å²) in [7, 11) is 0. The second-order valence-electron chi connectivity index (χ2n) is 3.96. The number of unbranched alkanes of at least 4 members (excludes halogenated alkanes) is 1. The first kappa shape index (κ1) is 13.2. The van der Waals surface area contributed by atoms with Crippen molar-refractivity contribution in [2.45, 2.75) is 32.7 Å². The van der Waals surface area contributed by atoms with Gasteiger partial charge in [-0.3, -0.25) is 0 Å². The fraction of sp³-hybridized carbons (Fsp3) is 0.462. The number of halogens is 1. The first-order valence-corrected chi connectivity index (χ1v) is 6.01. The van der Waals surface area contributed by atoms with Gasteiger partial charge in [0, 0.05) is 18.0 Å². The quantitative estimate of drug-likeness (QED) is 0.741. The summed E-state index contributed by atoms with van der Waals surface area (Å²) in [6.45, 7) is 3.45. The van der Waals surface area contributed by atoms with Gasteiger partial charge >= 0.3 is 0 Å². The Morgan fingerprint density at radius 3 is 2.56 bits per heavy atom. The Balaban J connectivity index is 2.07. The minimum Gasteiger partial charge on any atom is -0.313 e. The smallest absolute Gasteiger partial charge is 0.129 e. The highest BCUT2D eigenvalue weighted by atomic mass is 35.5. The third-order valence-electron chi connectivity index (χ3n) is 2.37. The molecule has 0 aliphatic carbocycles. The van der Waals surface area contributed by atoms with E-state index in [4.69, 9.17) is 11.6 Å². The van der Waals surface area contributed by atoms with Crippen LogP contribution < -0.4 is 5.32 Å². The van der Waals surface area contributed by atoms with Crippen LogP contribution in [0, 0.1) is 0 Å². The fourth-order valence-electron chi connectivity index (χ4n) is 1.46. The van der Waals surface area contributed by atoms with Gasteiger partial charge in [-0.05, 0) is 44.0 Å². The standard InChI is InChI=1S/C13H18ClNO/c1-11(16)4-2-3-9-15-10-12-5-7-13(14)8-6-12/h5-8,15H,2-4,9-10H2,1H3. The molecule has 16 heavy (non-hydrogen) atoms.